The van der Waals surface area contributed by atoms with Crippen LogP contribution in [0.5, 0.6) is 0 Å². The summed E-state index contributed by atoms with van der Waals surface area (Å²) in [6.07, 6.45) is 5.17. The van der Waals surface area contributed by atoms with Crippen LogP contribution in [-0.2, 0) is 0 Å². The molecular weight excluding hydrogens is 208 g/mol. The van der Waals surface area contributed by atoms with Gasteiger partial charge in [0, 0.05) is 24.6 Å². The van der Waals surface area contributed by atoms with E-state index in [0.717, 1.165) is 11.0 Å². The fraction of sp³-hybridized carbons (Fsp3) is 0.800. The number of nitrogens with two attached hydrogens (primary N) is 1. The van der Waals surface area contributed by atoms with Crippen molar-refractivity contribution in [3.05, 3.63) is 0 Å². The molecule has 1 heterocycles. The molecule has 1 fully saturated rings. The van der Waals surface area contributed by atoms with Crippen LogP contribution in [0.4, 0.5) is 11.1 Å². The molecule has 4 nitrogen and oxygen atoms in total. The molecule has 1 aromatic rings. The van der Waals surface area contributed by atoms with Gasteiger partial charge < -0.3 is 10.6 Å². The minimum atomic E-state index is 0.394. The monoisotopic (exact) mass is 226 g/mol. The van der Waals surface area contributed by atoms with Gasteiger partial charge in [-0.05, 0) is 31.6 Å². The van der Waals surface area contributed by atoms with E-state index in [1.807, 2.05) is 0 Å². The Morgan fingerprint density at radius 2 is 2.00 bits per heavy atom. The van der Waals surface area contributed by atoms with Gasteiger partial charge in [0.25, 0.3) is 0 Å². The molecule has 0 aliphatic heterocycles. The first-order valence-electron chi connectivity index (χ1n) is 5.49. The third-order valence-electron chi connectivity index (χ3n) is 3.27. The van der Waals surface area contributed by atoms with Crippen molar-refractivity contribution >= 4 is 22.6 Å². The minimum absolute atomic E-state index is 0.394. The first kappa shape index (κ1) is 10.7. The van der Waals surface area contributed by atoms with Crippen molar-refractivity contribution in [1.29, 1.82) is 0 Å². The Kier molecular flexibility index (Phi) is 3.09. The number of hydrogen-bond acceptors (Lipinski definition) is 5. The van der Waals surface area contributed by atoms with Crippen LogP contribution in [-0.4, -0.2) is 22.4 Å². The Bertz CT molecular complexity index is 317. The Hall–Kier alpha value is -0.840. The highest BCUT2D eigenvalue weighted by atomic mass is 32.1. The van der Waals surface area contributed by atoms with Crippen LogP contribution >= 0.6 is 11.5 Å². The molecule has 0 atom stereocenters. The van der Waals surface area contributed by atoms with Crippen LogP contribution < -0.4 is 10.6 Å². The van der Waals surface area contributed by atoms with Gasteiger partial charge in [0.15, 0.2) is 0 Å². The molecule has 0 amide bonds. The molecule has 2 rings (SSSR count). The lowest BCUT2D eigenvalue weighted by Gasteiger charge is -2.33. The number of anilines is 2. The summed E-state index contributed by atoms with van der Waals surface area (Å²) in [5.74, 6) is 1.28. The molecule has 0 unspecified atom stereocenters. The number of nitrogens with zero attached hydrogens (tertiary/aromatic N) is 3. The van der Waals surface area contributed by atoms with Gasteiger partial charge in [-0.3, -0.25) is 0 Å². The van der Waals surface area contributed by atoms with Crippen molar-refractivity contribution in [2.75, 3.05) is 17.7 Å². The SMILES string of the molecule is CC1CCC(N(C)c2nc(N)ns2)CC1. The van der Waals surface area contributed by atoms with Crippen LogP contribution in [0, 0.1) is 5.92 Å². The molecular formula is C10H18N4S. The maximum absolute atomic E-state index is 5.53. The maximum atomic E-state index is 5.53. The largest absolute Gasteiger partial charge is 0.367 e. The molecule has 0 spiro atoms. The van der Waals surface area contributed by atoms with Crippen LogP contribution in [0.25, 0.3) is 0 Å². The van der Waals surface area contributed by atoms with Crippen molar-refractivity contribution in [3.63, 3.8) is 0 Å². The third kappa shape index (κ3) is 2.40. The standard InChI is InChI=1S/C10H18N4S/c1-7-3-5-8(6-4-7)14(2)10-12-9(11)13-15-10/h7-8H,3-6H2,1-2H3,(H2,11,13). The molecule has 0 saturated heterocycles. The van der Waals surface area contributed by atoms with E-state index < -0.39 is 0 Å². The molecule has 15 heavy (non-hydrogen) atoms. The van der Waals surface area contributed by atoms with Gasteiger partial charge in [-0.1, -0.05) is 6.92 Å². The van der Waals surface area contributed by atoms with E-state index in [0.29, 0.717) is 12.0 Å². The predicted octanol–water partition coefficient (Wildman–Crippen LogP) is 2.14. The normalized spacial score (nSPS) is 26.5. The number of hydrogen-bond donors (Lipinski definition) is 1. The summed E-state index contributed by atoms with van der Waals surface area (Å²) in [5, 5.41) is 0.951. The van der Waals surface area contributed by atoms with Crippen LogP contribution in [0.15, 0.2) is 0 Å². The molecule has 1 saturated carbocycles. The second kappa shape index (κ2) is 4.35. The number of rotatable bonds is 2. The van der Waals surface area contributed by atoms with Crippen LogP contribution in [0.3, 0.4) is 0 Å². The molecule has 84 valence electrons. The van der Waals surface area contributed by atoms with Crippen molar-refractivity contribution in [1.82, 2.24) is 9.36 Å². The topological polar surface area (TPSA) is 55.0 Å². The van der Waals surface area contributed by atoms with Gasteiger partial charge in [0.1, 0.15) is 0 Å². The van der Waals surface area contributed by atoms with Gasteiger partial charge in [0.2, 0.25) is 11.1 Å². The van der Waals surface area contributed by atoms with E-state index in [-0.39, 0.29) is 0 Å². The molecule has 1 aliphatic carbocycles. The molecule has 1 aromatic heterocycles. The summed E-state index contributed by atoms with van der Waals surface area (Å²) in [7, 11) is 2.10. The summed E-state index contributed by atoms with van der Waals surface area (Å²) in [5.41, 5.74) is 5.53. The van der Waals surface area contributed by atoms with Gasteiger partial charge in [-0.2, -0.15) is 9.36 Å². The first-order valence-corrected chi connectivity index (χ1v) is 6.26. The highest BCUT2D eigenvalue weighted by Gasteiger charge is 2.23. The lowest BCUT2D eigenvalue weighted by Crippen LogP contribution is -2.34. The van der Waals surface area contributed by atoms with E-state index in [1.54, 1.807) is 0 Å². The molecule has 0 aromatic carbocycles. The predicted molar refractivity (Wildman–Crippen MR) is 64.1 cm³/mol. The zero-order chi connectivity index (χ0) is 10.8. The third-order valence-corrected chi connectivity index (χ3v) is 4.09. The van der Waals surface area contributed by atoms with E-state index in [2.05, 4.69) is 28.2 Å². The first-order chi connectivity index (χ1) is 7.16. The highest BCUT2D eigenvalue weighted by Crippen LogP contribution is 2.30. The average molecular weight is 226 g/mol. The van der Waals surface area contributed by atoms with E-state index >= 15 is 0 Å². The maximum Gasteiger partial charge on any atom is 0.233 e. The Morgan fingerprint density at radius 1 is 1.33 bits per heavy atom. The summed E-state index contributed by atoms with van der Waals surface area (Å²) >= 11 is 1.39. The van der Waals surface area contributed by atoms with E-state index in [9.17, 15) is 0 Å². The summed E-state index contributed by atoms with van der Waals surface area (Å²) in [6.45, 7) is 2.33. The lowest BCUT2D eigenvalue weighted by atomic mass is 9.87. The summed E-state index contributed by atoms with van der Waals surface area (Å²) < 4.78 is 4.01. The zero-order valence-electron chi connectivity index (χ0n) is 9.31. The quantitative estimate of drug-likeness (QED) is 0.839. The molecule has 1 aliphatic rings. The molecule has 0 bridgehead atoms. The Morgan fingerprint density at radius 3 is 2.53 bits per heavy atom. The zero-order valence-corrected chi connectivity index (χ0v) is 10.1. The van der Waals surface area contributed by atoms with E-state index in [4.69, 9.17) is 5.73 Å². The van der Waals surface area contributed by atoms with Gasteiger partial charge in [0.05, 0.1) is 0 Å². The summed E-state index contributed by atoms with van der Waals surface area (Å²) in [4.78, 5) is 6.45. The highest BCUT2D eigenvalue weighted by molar-refractivity contribution is 7.09. The van der Waals surface area contributed by atoms with Crippen molar-refractivity contribution < 1.29 is 0 Å². The van der Waals surface area contributed by atoms with Crippen LogP contribution in [0.1, 0.15) is 32.6 Å². The van der Waals surface area contributed by atoms with Gasteiger partial charge in [-0.15, -0.1) is 0 Å². The van der Waals surface area contributed by atoms with Crippen molar-refractivity contribution in [2.24, 2.45) is 5.92 Å². The molecule has 5 heteroatoms. The van der Waals surface area contributed by atoms with Crippen LogP contribution in [0.2, 0.25) is 0 Å². The second-order valence-corrected chi connectivity index (χ2v) is 5.19. The molecule has 0 radical (unpaired) electrons. The minimum Gasteiger partial charge on any atom is -0.367 e. The Labute approximate surface area is 94.7 Å². The lowest BCUT2D eigenvalue weighted by molar-refractivity contribution is 0.340. The van der Waals surface area contributed by atoms with E-state index in [1.165, 1.54) is 37.2 Å². The Balaban J connectivity index is 1.99. The second-order valence-electron chi connectivity index (χ2n) is 4.46. The fourth-order valence-corrected chi connectivity index (χ4v) is 2.78. The van der Waals surface area contributed by atoms with Gasteiger partial charge >= 0.3 is 0 Å². The smallest absolute Gasteiger partial charge is 0.233 e. The average Bonchev–Trinajstić information content (AvgIpc) is 2.65. The van der Waals surface area contributed by atoms with Crippen molar-refractivity contribution in [3.8, 4) is 0 Å². The number of aromatic nitrogens is 2. The number of nitrogen functional groups attached to an aromatic ring is 1. The van der Waals surface area contributed by atoms with Gasteiger partial charge in [-0.25, -0.2) is 0 Å². The fourth-order valence-electron chi connectivity index (χ4n) is 2.16. The molecule has 2 N–H and O–H groups in total. The summed E-state index contributed by atoms with van der Waals surface area (Å²) in [6, 6.07) is 0.619. The van der Waals surface area contributed by atoms with Crippen molar-refractivity contribution in [2.45, 2.75) is 38.6 Å².